The topological polar surface area (TPSA) is 72.1 Å². The zero-order valence-corrected chi connectivity index (χ0v) is 23.4. The Hall–Kier alpha value is -3.94. The number of ether oxygens (including phenoxy) is 3. The first kappa shape index (κ1) is 27.6. The number of carbonyl (C=O) groups is 1. The number of urea groups is 1. The molecule has 2 N–H and O–H groups in total. The molecule has 1 heterocycles. The number of amides is 2. The first-order chi connectivity index (χ1) is 19.6. The number of fused-ring (bicyclic) bond motifs is 1. The number of nitrogens with zero attached hydrogens (tertiary/aromatic N) is 1. The molecule has 0 aliphatic carbocycles. The van der Waals surface area contributed by atoms with Crippen LogP contribution in [0, 0.1) is 0 Å². The van der Waals surface area contributed by atoms with Crippen molar-refractivity contribution in [3.8, 4) is 17.2 Å². The largest absolute Gasteiger partial charge is 0.495 e. The van der Waals surface area contributed by atoms with E-state index in [1.807, 2.05) is 60.7 Å². The predicted molar refractivity (Wildman–Crippen MR) is 161 cm³/mol. The number of nitrogens with one attached hydrogen (secondary N) is 2. The number of piperidine rings is 1. The standard InChI is InChI=1S/C32H34ClN3O4/c1-38-31-15-11-24(21-28(31)33)34-32(37)35-29-14-16-30(27-8-4-3-7-26(27)29)40-22-23-9-12-25(13-10-23)39-20-19-36-17-5-2-6-18-36/h3-4,7-16,21H,2,5-6,17-20,22H2,1H3,(H2,34,35,37). The number of benzene rings is 4. The zero-order valence-electron chi connectivity index (χ0n) is 22.6. The van der Waals surface area contributed by atoms with Crippen LogP contribution < -0.4 is 24.8 Å². The van der Waals surface area contributed by atoms with Crippen molar-refractivity contribution in [2.45, 2.75) is 25.9 Å². The van der Waals surface area contributed by atoms with Crippen molar-refractivity contribution in [3.63, 3.8) is 0 Å². The molecule has 5 rings (SSSR count). The highest BCUT2D eigenvalue weighted by Crippen LogP contribution is 2.33. The molecule has 0 saturated carbocycles. The van der Waals surface area contributed by atoms with Gasteiger partial charge in [0.1, 0.15) is 30.5 Å². The van der Waals surface area contributed by atoms with E-state index in [2.05, 4.69) is 15.5 Å². The number of likely N-dealkylation sites (tertiary alicyclic amines) is 1. The minimum absolute atomic E-state index is 0.377. The maximum atomic E-state index is 12.7. The summed E-state index contributed by atoms with van der Waals surface area (Å²) in [6.45, 7) is 4.45. The summed E-state index contributed by atoms with van der Waals surface area (Å²) in [6, 6.07) is 24.3. The fraction of sp³-hybridized carbons (Fsp3) is 0.281. The summed E-state index contributed by atoms with van der Waals surface area (Å²) in [4.78, 5) is 15.2. The molecule has 1 aliphatic heterocycles. The van der Waals surface area contributed by atoms with Crippen LogP contribution in [-0.2, 0) is 6.61 Å². The molecule has 0 bridgehead atoms. The maximum Gasteiger partial charge on any atom is 0.323 e. The van der Waals surface area contributed by atoms with Crippen LogP contribution in [0.5, 0.6) is 17.2 Å². The summed E-state index contributed by atoms with van der Waals surface area (Å²) in [5.74, 6) is 2.16. The van der Waals surface area contributed by atoms with Crippen LogP contribution in [0.4, 0.5) is 16.2 Å². The van der Waals surface area contributed by atoms with Crippen LogP contribution in [0.3, 0.4) is 0 Å². The van der Waals surface area contributed by atoms with Gasteiger partial charge >= 0.3 is 6.03 Å². The molecule has 1 aliphatic rings. The quantitative estimate of drug-likeness (QED) is 0.209. The Morgan fingerprint density at radius 1 is 0.850 bits per heavy atom. The van der Waals surface area contributed by atoms with Gasteiger partial charge in [-0.1, -0.05) is 54.4 Å². The van der Waals surface area contributed by atoms with Crippen LogP contribution in [0.1, 0.15) is 24.8 Å². The Morgan fingerprint density at radius 2 is 1.60 bits per heavy atom. The Labute approximate surface area is 240 Å². The van der Waals surface area contributed by atoms with E-state index in [9.17, 15) is 4.79 Å². The van der Waals surface area contributed by atoms with E-state index in [4.69, 9.17) is 25.8 Å². The van der Waals surface area contributed by atoms with Crippen molar-refractivity contribution in [2.75, 3.05) is 44.0 Å². The Morgan fingerprint density at radius 3 is 2.35 bits per heavy atom. The van der Waals surface area contributed by atoms with Gasteiger partial charge in [-0.2, -0.15) is 0 Å². The van der Waals surface area contributed by atoms with Gasteiger partial charge in [-0.05, 0) is 74.0 Å². The second-order valence-electron chi connectivity index (χ2n) is 9.77. The smallest absolute Gasteiger partial charge is 0.323 e. The summed E-state index contributed by atoms with van der Waals surface area (Å²) < 4.78 is 17.3. The number of rotatable bonds is 10. The van der Waals surface area contributed by atoms with Crippen molar-refractivity contribution >= 4 is 39.8 Å². The lowest BCUT2D eigenvalue weighted by Crippen LogP contribution is -2.33. The van der Waals surface area contributed by atoms with Crippen molar-refractivity contribution in [1.29, 1.82) is 0 Å². The SMILES string of the molecule is COc1ccc(NC(=O)Nc2ccc(OCc3ccc(OCCN4CCCCC4)cc3)c3ccccc23)cc1Cl. The van der Waals surface area contributed by atoms with Gasteiger partial charge in [-0.25, -0.2) is 4.79 Å². The average Bonchev–Trinajstić information content (AvgIpc) is 2.98. The highest BCUT2D eigenvalue weighted by molar-refractivity contribution is 6.32. The fourth-order valence-corrected chi connectivity index (χ4v) is 5.11. The molecule has 0 atom stereocenters. The molecule has 40 heavy (non-hydrogen) atoms. The normalized spacial score (nSPS) is 13.6. The first-order valence-corrected chi connectivity index (χ1v) is 14.0. The number of anilines is 2. The van der Waals surface area contributed by atoms with Gasteiger partial charge in [0.15, 0.2) is 0 Å². The Kier molecular flexibility index (Phi) is 9.26. The molecule has 0 unspecified atom stereocenters. The molecular weight excluding hydrogens is 526 g/mol. The minimum atomic E-state index is -0.377. The number of hydrogen-bond acceptors (Lipinski definition) is 5. The summed E-state index contributed by atoms with van der Waals surface area (Å²) in [5, 5.41) is 7.94. The van der Waals surface area contributed by atoms with Crippen LogP contribution >= 0.6 is 11.6 Å². The molecule has 4 aromatic rings. The van der Waals surface area contributed by atoms with Crippen molar-refractivity contribution < 1.29 is 19.0 Å². The van der Waals surface area contributed by atoms with E-state index in [0.29, 0.717) is 35.4 Å². The molecule has 1 saturated heterocycles. The minimum Gasteiger partial charge on any atom is -0.495 e. The monoisotopic (exact) mass is 559 g/mol. The van der Waals surface area contributed by atoms with E-state index in [1.54, 1.807) is 25.3 Å². The Bertz CT molecular complexity index is 1440. The first-order valence-electron chi connectivity index (χ1n) is 13.6. The van der Waals surface area contributed by atoms with Crippen LogP contribution in [-0.4, -0.2) is 44.3 Å². The van der Waals surface area contributed by atoms with Gasteiger partial charge in [-0.15, -0.1) is 0 Å². The molecule has 2 amide bonds. The lowest BCUT2D eigenvalue weighted by molar-refractivity contribution is 0.183. The summed E-state index contributed by atoms with van der Waals surface area (Å²) >= 11 is 6.18. The van der Waals surface area contributed by atoms with Crippen LogP contribution in [0.25, 0.3) is 10.8 Å². The van der Waals surface area contributed by atoms with Gasteiger partial charge in [-0.3, -0.25) is 4.90 Å². The van der Waals surface area contributed by atoms with E-state index < -0.39 is 0 Å². The van der Waals surface area contributed by atoms with E-state index in [-0.39, 0.29) is 6.03 Å². The second kappa shape index (κ2) is 13.4. The maximum absolute atomic E-state index is 12.7. The summed E-state index contributed by atoms with van der Waals surface area (Å²) in [7, 11) is 1.54. The van der Waals surface area contributed by atoms with Crippen LogP contribution in [0.2, 0.25) is 5.02 Å². The van der Waals surface area contributed by atoms with Gasteiger partial charge in [0.25, 0.3) is 0 Å². The number of carbonyl (C=O) groups excluding carboxylic acids is 1. The lowest BCUT2D eigenvalue weighted by Gasteiger charge is -2.26. The average molecular weight is 560 g/mol. The molecule has 0 spiro atoms. The molecule has 208 valence electrons. The summed E-state index contributed by atoms with van der Waals surface area (Å²) in [6.07, 6.45) is 3.92. The molecule has 4 aromatic carbocycles. The number of methoxy groups -OCH3 is 1. The van der Waals surface area contributed by atoms with Crippen LogP contribution in [0.15, 0.2) is 78.9 Å². The number of halogens is 1. The van der Waals surface area contributed by atoms with Gasteiger partial charge < -0.3 is 24.8 Å². The molecule has 0 radical (unpaired) electrons. The molecule has 0 aromatic heterocycles. The van der Waals surface area contributed by atoms with Crippen molar-refractivity contribution in [2.24, 2.45) is 0 Å². The molecular formula is C32H34ClN3O4. The van der Waals surface area contributed by atoms with Gasteiger partial charge in [0.2, 0.25) is 0 Å². The third-order valence-corrected chi connectivity index (χ3v) is 7.28. The fourth-order valence-electron chi connectivity index (χ4n) is 4.85. The third-order valence-electron chi connectivity index (χ3n) is 6.98. The number of hydrogen-bond donors (Lipinski definition) is 2. The van der Waals surface area contributed by atoms with E-state index >= 15 is 0 Å². The zero-order chi connectivity index (χ0) is 27.7. The second-order valence-corrected chi connectivity index (χ2v) is 10.2. The summed E-state index contributed by atoms with van der Waals surface area (Å²) in [5.41, 5.74) is 2.28. The molecule has 8 heteroatoms. The highest BCUT2D eigenvalue weighted by atomic mass is 35.5. The molecule has 1 fully saturated rings. The van der Waals surface area contributed by atoms with E-state index in [0.717, 1.165) is 34.4 Å². The van der Waals surface area contributed by atoms with Gasteiger partial charge in [0, 0.05) is 23.0 Å². The predicted octanol–water partition coefficient (Wildman–Crippen LogP) is 7.59. The van der Waals surface area contributed by atoms with Gasteiger partial charge in [0.05, 0.1) is 17.8 Å². The lowest BCUT2D eigenvalue weighted by atomic mass is 10.1. The van der Waals surface area contributed by atoms with E-state index in [1.165, 1.54) is 32.4 Å². The Balaban J connectivity index is 1.18. The highest BCUT2D eigenvalue weighted by Gasteiger charge is 2.12. The van der Waals surface area contributed by atoms with Crippen molar-refractivity contribution in [1.82, 2.24) is 4.90 Å². The molecule has 7 nitrogen and oxygen atoms in total. The van der Waals surface area contributed by atoms with Crippen molar-refractivity contribution in [3.05, 3.63) is 89.4 Å². The third kappa shape index (κ3) is 7.17.